The molecule has 0 amide bonds. The molecule has 1 aliphatic rings. The minimum absolute atomic E-state index is 0.0324. The van der Waals surface area contributed by atoms with Crippen molar-refractivity contribution in [1.82, 2.24) is 19.7 Å². The van der Waals surface area contributed by atoms with Crippen LogP contribution in [0.15, 0.2) is 29.2 Å². The number of halogens is 1. The minimum Gasteiger partial charge on any atom is -0.478 e. The summed E-state index contributed by atoms with van der Waals surface area (Å²) in [6, 6.07) is 5.00. The first-order valence-electron chi connectivity index (χ1n) is 10.4. The fourth-order valence-corrected chi connectivity index (χ4v) is 4.47. The van der Waals surface area contributed by atoms with Gasteiger partial charge in [0.2, 0.25) is 5.88 Å². The Balaban J connectivity index is 1.75. The highest BCUT2D eigenvalue weighted by atomic mass is 19.1. The molecule has 5 rings (SSSR count). The second kappa shape index (κ2) is 7.46. The molecule has 1 N–H and O–H groups in total. The number of H-pyrrole nitrogens is 1. The molecule has 0 aliphatic carbocycles. The topological polar surface area (TPSA) is 82.0 Å². The van der Waals surface area contributed by atoms with Crippen molar-refractivity contribution in [2.45, 2.75) is 33.2 Å². The third-order valence-electron chi connectivity index (χ3n) is 5.84. The molecule has 8 heteroatoms. The summed E-state index contributed by atoms with van der Waals surface area (Å²) in [4.78, 5) is 20.1. The van der Waals surface area contributed by atoms with E-state index in [0.29, 0.717) is 64.3 Å². The van der Waals surface area contributed by atoms with Crippen molar-refractivity contribution >= 4 is 21.8 Å². The molecule has 1 fully saturated rings. The molecule has 4 aromatic rings. The fraction of sp³-hybridized carbons (Fsp3) is 0.348. The van der Waals surface area contributed by atoms with Gasteiger partial charge in [-0.15, -0.1) is 0 Å². The first-order valence-corrected chi connectivity index (χ1v) is 10.4. The molecule has 0 spiro atoms. The number of nitrogens with zero attached hydrogens (tertiary/aromatic N) is 3. The molecule has 0 saturated carbocycles. The van der Waals surface area contributed by atoms with Crippen LogP contribution < -0.4 is 10.3 Å². The molecule has 1 saturated heterocycles. The van der Waals surface area contributed by atoms with Crippen molar-refractivity contribution in [3.8, 4) is 17.0 Å². The number of ether oxygens (including phenoxy) is 2. The second-order valence-corrected chi connectivity index (χ2v) is 7.87. The lowest BCUT2D eigenvalue weighted by Gasteiger charge is -2.15. The van der Waals surface area contributed by atoms with Crippen molar-refractivity contribution in [2.75, 3.05) is 19.8 Å². The summed E-state index contributed by atoms with van der Waals surface area (Å²) < 4.78 is 28.2. The van der Waals surface area contributed by atoms with E-state index in [1.165, 1.54) is 6.07 Å². The van der Waals surface area contributed by atoms with E-state index < -0.39 is 0 Å². The zero-order chi connectivity index (χ0) is 21.7. The number of aromatic amines is 1. The maximum atomic E-state index is 15.5. The number of pyridine rings is 2. The Kier molecular flexibility index (Phi) is 4.74. The van der Waals surface area contributed by atoms with Crippen LogP contribution >= 0.6 is 0 Å². The van der Waals surface area contributed by atoms with Crippen LogP contribution in [0.4, 0.5) is 4.39 Å². The third-order valence-corrected chi connectivity index (χ3v) is 5.84. The van der Waals surface area contributed by atoms with E-state index in [2.05, 4.69) is 15.1 Å². The Hall–Kier alpha value is -3.26. The standard InChI is InChI=1S/C23H23FN4O3/c1-4-31-20-7-12(2)21(13(3)26-20)15-9-19-16(8-18(15)24)22-17(23(29)27-19)10-25-28(22)14-5-6-30-11-14/h7-10,14H,4-6,11H2,1-3H3,(H,27,29)/t14-/m0/s1. The molecule has 160 valence electrons. The normalized spacial score (nSPS) is 16.5. The van der Waals surface area contributed by atoms with Gasteiger partial charge in [0.15, 0.2) is 0 Å². The first kappa shape index (κ1) is 19.7. The average Bonchev–Trinajstić information content (AvgIpc) is 3.38. The molecule has 1 aromatic carbocycles. The van der Waals surface area contributed by atoms with Gasteiger partial charge in [0.1, 0.15) is 5.82 Å². The van der Waals surface area contributed by atoms with Crippen LogP contribution in [0.25, 0.3) is 32.9 Å². The quantitative estimate of drug-likeness (QED) is 0.536. The molecule has 0 bridgehead atoms. The largest absolute Gasteiger partial charge is 0.478 e. The maximum Gasteiger partial charge on any atom is 0.259 e. The summed E-state index contributed by atoms with van der Waals surface area (Å²) in [6.07, 6.45) is 2.35. The van der Waals surface area contributed by atoms with Crippen LogP contribution in [-0.2, 0) is 4.74 Å². The number of fused-ring (bicyclic) bond motifs is 3. The molecule has 4 heterocycles. The number of rotatable bonds is 4. The van der Waals surface area contributed by atoms with Gasteiger partial charge in [-0.1, -0.05) is 0 Å². The number of hydrogen-bond donors (Lipinski definition) is 1. The van der Waals surface area contributed by atoms with Crippen molar-refractivity contribution in [3.63, 3.8) is 0 Å². The molecule has 1 aliphatic heterocycles. The Morgan fingerprint density at radius 2 is 2.13 bits per heavy atom. The summed E-state index contributed by atoms with van der Waals surface area (Å²) in [5.74, 6) is 0.133. The van der Waals surface area contributed by atoms with Crippen molar-refractivity contribution in [1.29, 1.82) is 0 Å². The number of benzene rings is 1. The summed E-state index contributed by atoms with van der Waals surface area (Å²) >= 11 is 0. The molecule has 0 radical (unpaired) electrons. The highest BCUT2D eigenvalue weighted by molar-refractivity contribution is 6.04. The van der Waals surface area contributed by atoms with Gasteiger partial charge in [-0.2, -0.15) is 5.10 Å². The van der Waals surface area contributed by atoms with Crippen LogP contribution in [0.2, 0.25) is 0 Å². The monoisotopic (exact) mass is 422 g/mol. The van der Waals surface area contributed by atoms with Gasteiger partial charge >= 0.3 is 0 Å². The lowest BCUT2D eigenvalue weighted by molar-refractivity contribution is 0.185. The number of nitrogens with one attached hydrogen (secondary N) is 1. The lowest BCUT2D eigenvalue weighted by atomic mass is 9.97. The van der Waals surface area contributed by atoms with Crippen LogP contribution in [0.3, 0.4) is 0 Å². The zero-order valence-corrected chi connectivity index (χ0v) is 17.7. The molecule has 3 aromatic heterocycles. The van der Waals surface area contributed by atoms with Gasteiger partial charge in [-0.25, -0.2) is 9.37 Å². The Bertz CT molecular complexity index is 1350. The maximum absolute atomic E-state index is 15.5. The summed E-state index contributed by atoms with van der Waals surface area (Å²) in [6.45, 7) is 7.30. The van der Waals surface area contributed by atoms with E-state index >= 15 is 4.39 Å². The van der Waals surface area contributed by atoms with Gasteiger partial charge < -0.3 is 14.5 Å². The molecular formula is C23H23FN4O3. The van der Waals surface area contributed by atoms with Crippen LogP contribution in [-0.4, -0.2) is 39.6 Å². The fourth-order valence-electron chi connectivity index (χ4n) is 4.47. The third kappa shape index (κ3) is 3.18. The molecular weight excluding hydrogens is 399 g/mol. The van der Waals surface area contributed by atoms with Crippen LogP contribution in [0.5, 0.6) is 5.88 Å². The summed E-state index contributed by atoms with van der Waals surface area (Å²) in [7, 11) is 0. The minimum atomic E-state index is -0.381. The van der Waals surface area contributed by atoms with Gasteiger partial charge in [0.05, 0.1) is 41.9 Å². The number of hydrogen-bond acceptors (Lipinski definition) is 5. The summed E-state index contributed by atoms with van der Waals surface area (Å²) in [5.41, 5.74) is 3.55. The van der Waals surface area contributed by atoms with E-state index in [1.807, 2.05) is 20.8 Å². The molecule has 0 unspecified atom stereocenters. The van der Waals surface area contributed by atoms with Crippen LogP contribution in [0.1, 0.15) is 30.6 Å². The van der Waals surface area contributed by atoms with E-state index in [0.717, 1.165) is 12.0 Å². The molecule has 7 nitrogen and oxygen atoms in total. The predicted molar refractivity (Wildman–Crippen MR) is 116 cm³/mol. The lowest BCUT2D eigenvalue weighted by Crippen LogP contribution is -2.12. The van der Waals surface area contributed by atoms with Gasteiger partial charge in [0, 0.05) is 34.9 Å². The predicted octanol–water partition coefficient (Wildman–Crippen LogP) is 4.06. The molecule has 1 atom stereocenters. The van der Waals surface area contributed by atoms with E-state index in [1.54, 1.807) is 23.0 Å². The van der Waals surface area contributed by atoms with Crippen molar-refractivity contribution < 1.29 is 13.9 Å². The van der Waals surface area contributed by atoms with E-state index in [9.17, 15) is 4.79 Å². The second-order valence-electron chi connectivity index (χ2n) is 7.87. The first-order chi connectivity index (χ1) is 15.0. The Morgan fingerprint density at radius 3 is 2.84 bits per heavy atom. The zero-order valence-electron chi connectivity index (χ0n) is 17.7. The Morgan fingerprint density at radius 1 is 1.29 bits per heavy atom. The van der Waals surface area contributed by atoms with Crippen LogP contribution in [0, 0.1) is 19.7 Å². The number of aryl methyl sites for hydroxylation is 2. The highest BCUT2D eigenvalue weighted by Crippen LogP contribution is 2.35. The number of aromatic nitrogens is 4. The average molecular weight is 422 g/mol. The van der Waals surface area contributed by atoms with E-state index in [-0.39, 0.29) is 17.4 Å². The SMILES string of the molecule is CCOc1cc(C)c(-c2cc3[nH]c(=O)c4cnn([C@H]5CCOC5)c4c3cc2F)c(C)n1. The summed E-state index contributed by atoms with van der Waals surface area (Å²) in [5, 5.41) is 5.49. The Labute approximate surface area is 177 Å². The van der Waals surface area contributed by atoms with Gasteiger partial charge in [-0.05, 0) is 44.9 Å². The van der Waals surface area contributed by atoms with Crippen molar-refractivity contribution in [3.05, 3.63) is 51.8 Å². The molecule has 31 heavy (non-hydrogen) atoms. The van der Waals surface area contributed by atoms with Crippen molar-refractivity contribution in [2.24, 2.45) is 0 Å². The smallest absolute Gasteiger partial charge is 0.259 e. The van der Waals surface area contributed by atoms with Gasteiger partial charge in [-0.3, -0.25) is 9.48 Å². The van der Waals surface area contributed by atoms with Gasteiger partial charge in [0.25, 0.3) is 5.56 Å². The van der Waals surface area contributed by atoms with E-state index in [4.69, 9.17) is 9.47 Å². The highest BCUT2D eigenvalue weighted by Gasteiger charge is 2.23.